The molecule has 2 N–H and O–H groups in total. The first-order chi connectivity index (χ1) is 9.70. The van der Waals surface area contributed by atoms with Gasteiger partial charge in [0, 0.05) is 17.5 Å². The first-order valence-electron chi connectivity index (χ1n) is 7.54. The summed E-state index contributed by atoms with van der Waals surface area (Å²) >= 11 is 0. The topological polar surface area (TPSA) is 61.7 Å². The average molecular weight is 276 g/mol. The monoisotopic (exact) mass is 276 g/mol. The highest BCUT2D eigenvalue weighted by Crippen LogP contribution is 2.24. The molecule has 0 saturated heterocycles. The fourth-order valence-corrected chi connectivity index (χ4v) is 2.94. The summed E-state index contributed by atoms with van der Waals surface area (Å²) in [5, 5.41) is 15.3. The molecule has 110 valence electrons. The van der Waals surface area contributed by atoms with Gasteiger partial charge in [-0.2, -0.15) is 0 Å². The predicted molar refractivity (Wildman–Crippen MR) is 79.9 cm³/mol. The van der Waals surface area contributed by atoms with Crippen LogP contribution in [0.25, 0.3) is 0 Å². The Labute approximate surface area is 120 Å². The zero-order valence-corrected chi connectivity index (χ0v) is 12.1. The Morgan fingerprint density at radius 2 is 2.15 bits per heavy atom. The molecule has 0 aliphatic heterocycles. The van der Waals surface area contributed by atoms with Crippen LogP contribution in [0.1, 0.15) is 51.9 Å². The fourth-order valence-electron chi connectivity index (χ4n) is 2.94. The van der Waals surface area contributed by atoms with Crippen LogP contribution >= 0.6 is 0 Å². The van der Waals surface area contributed by atoms with Crippen molar-refractivity contribution in [2.45, 2.75) is 57.9 Å². The molecule has 1 amide bonds. The van der Waals surface area contributed by atoms with Crippen molar-refractivity contribution in [2.75, 3.05) is 0 Å². The van der Waals surface area contributed by atoms with Crippen LogP contribution in [0.5, 0.6) is 0 Å². The van der Waals surface area contributed by atoms with Gasteiger partial charge >= 0.3 is 0 Å². The lowest BCUT2D eigenvalue weighted by Gasteiger charge is -2.20. The quantitative estimate of drug-likeness (QED) is 0.360. The third kappa shape index (κ3) is 3.95. The van der Waals surface area contributed by atoms with Gasteiger partial charge in [-0.1, -0.05) is 23.4 Å². The second-order valence-electron chi connectivity index (χ2n) is 5.74. The Morgan fingerprint density at radius 1 is 1.30 bits per heavy atom. The lowest BCUT2D eigenvalue weighted by atomic mass is 9.94. The molecule has 0 fully saturated rings. The Kier molecular flexibility index (Phi) is 5.39. The molecule has 4 nitrogen and oxygen atoms in total. The van der Waals surface area contributed by atoms with Crippen LogP contribution in [0, 0.1) is 5.92 Å². The number of hydrogen-bond donors (Lipinski definition) is 2. The second kappa shape index (κ2) is 7.27. The minimum atomic E-state index is 0.0875. The normalized spacial score (nSPS) is 27.6. The first-order valence-corrected chi connectivity index (χ1v) is 7.54. The predicted octanol–water partition coefficient (Wildman–Crippen LogP) is 3.18. The minimum Gasteiger partial charge on any atom is -0.411 e. The Hall–Kier alpha value is -1.58. The van der Waals surface area contributed by atoms with Crippen LogP contribution in [-0.2, 0) is 4.79 Å². The lowest BCUT2D eigenvalue weighted by Crippen LogP contribution is -2.36. The average Bonchev–Trinajstić information content (AvgIpc) is 2.73. The van der Waals surface area contributed by atoms with Gasteiger partial charge < -0.3 is 10.5 Å². The maximum atomic E-state index is 12.3. The molecule has 2 aliphatic carbocycles. The number of hydrogen-bond acceptors (Lipinski definition) is 3. The third-order valence-electron chi connectivity index (χ3n) is 4.31. The summed E-state index contributed by atoms with van der Waals surface area (Å²) in [6.45, 7) is 1.85. The number of amides is 1. The van der Waals surface area contributed by atoms with Gasteiger partial charge in [-0.05, 0) is 51.9 Å². The minimum absolute atomic E-state index is 0.0875. The van der Waals surface area contributed by atoms with E-state index in [1.54, 1.807) is 0 Å². The van der Waals surface area contributed by atoms with Crippen molar-refractivity contribution in [3.05, 3.63) is 23.8 Å². The SMILES string of the molecule is C/C(=N\O)C1CCC=C(C(=O)NC2CC=CCC2)CC1. The van der Waals surface area contributed by atoms with Crippen LogP contribution in [0.15, 0.2) is 29.0 Å². The number of nitrogens with one attached hydrogen (secondary N) is 1. The molecule has 0 aromatic rings. The van der Waals surface area contributed by atoms with Crippen LogP contribution < -0.4 is 5.32 Å². The van der Waals surface area contributed by atoms with Gasteiger partial charge in [0.25, 0.3) is 0 Å². The molecule has 0 aromatic heterocycles. The number of oxime groups is 1. The van der Waals surface area contributed by atoms with Gasteiger partial charge in [0.1, 0.15) is 0 Å². The largest absolute Gasteiger partial charge is 0.411 e. The van der Waals surface area contributed by atoms with Crippen molar-refractivity contribution in [1.29, 1.82) is 0 Å². The molecule has 2 aliphatic rings. The molecule has 2 atom stereocenters. The molecule has 0 spiro atoms. The number of rotatable bonds is 3. The maximum Gasteiger partial charge on any atom is 0.247 e. The van der Waals surface area contributed by atoms with Crippen molar-refractivity contribution in [2.24, 2.45) is 11.1 Å². The van der Waals surface area contributed by atoms with E-state index < -0.39 is 0 Å². The van der Waals surface area contributed by atoms with Gasteiger partial charge in [-0.15, -0.1) is 0 Å². The summed E-state index contributed by atoms with van der Waals surface area (Å²) < 4.78 is 0. The highest BCUT2D eigenvalue weighted by Gasteiger charge is 2.21. The molecule has 0 bridgehead atoms. The summed E-state index contributed by atoms with van der Waals surface area (Å²) in [6, 6.07) is 0.285. The van der Waals surface area contributed by atoms with E-state index in [9.17, 15) is 4.79 Å². The Balaban J connectivity index is 1.87. The van der Waals surface area contributed by atoms with Crippen molar-refractivity contribution < 1.29 is 10.0 Å². The molecular weight excluding hydrogens is 252 g/mol. The number of allylic oxidation sites excluding steroid dienone is 2. The smallest absolute Gasteiger partial charge is 0.247 e. The van der Waals surface area contributed by atoms with Gasteiger partial charge in [-0.25, -0.2) is 0 Å². The number of carbonyl (C=O) groups is 1. The van der Waals surface area contributed by atoms with Crippen molar-refractivity contribution in [3.8, 4) is 0 Å². The summed E-state index contributed by atoms with van der Waals surface area (Å²) in [5.41, 5.74) is 1.67. The van der Waals surface area contributed by atoms with E-state index in [4.69, 9.17) is 5.21 Å². The van der Waals surface area contributed by atoms with E-state index in [0.29, 0.717) is 5.92 Å². The van der Waals surface area contributed by atoms with Crippen LogP contribution in [-0.4, -0.2) is 22.9 Å². The van der Waals surface area contributed by atoms with E-state index in [1.165, 1.54) is 0 Å². The van der Waals surface area contributed by atoms with Crippen LogP contribution in [0.2, 0.25) is 0 Å². The Bertz CT molecular complexity index is 438. The van der Waals surface area contributed by atoms with Gasteiger partial charge in [0.15, 0.2) is 0 Å². The van der Waals surface area contributed by atoms with Crippen LogP contribution in [0.4, 0.5) is 0 Å². The standard InChI is InChI=1S/C16H24N2O2/c1-12(18-20)13-6-5-7-14(11-10-13)16(19)17-15-8-3-2-4-9-15/h2-3,7,13,15,20H,4-6,8-11H2,1H3,(H,17,19)/b18-12+. The third-order valence-corrected chi connectivity index (χ3v) is 4.31. The molecular formula is C16H24N2O2. The molecule has 2 unspecified atom stereocenters. The molecule has 0 aromatic carbocycles. The highest BCUT2D eigenvalue weighted by molar-refractivity contribution is 5.94. The second-order valence-corrected chi connectivity index (χ2v) is 5.74. The molecule has 0 saturated carbocycles. The maximum absolute atomic E-state index is 12.3. The lowest BCUT2D eigenvalue weighted by molar-refractivity contribution is -0.118. The molecule has 0 heterocycles. The number of nitrogens with zero attached hydrogens (tertiary/aromatic N) is 1. The molecule has 4 heteroatoms. The van der Waals surface area contributed by atoms with E-state index in [0.717, 1.165) is 56.2 Å². The van der Waals surface area contributed by atoms with E-state index in [1.807, 2.05) is 6.92 Å². The zero-order chi connectivity index (χ0) is 14.4. The summed E-state index contributed by atoms with van der Waals surface area (Å²) in [7, 11) is 0. The highest BCUT2D eigenvalue weighted by atomic mass is 16.4. The van der Waals surface area contributed by atoms with Gasteiger partial charge in [0.05, 0.1) is 5.71 Å². The summed E-state index contributed by atoms with van der Waals surface area (Å²) in [6.07, 6.45) is 12.9. The van der Waals surface area contributed by atoms with Gasteiger partial charge in [0.2, 0.25) is 5.91 Å². The van der Waals surface area contributed by atoms with Gasteiger partial charge in [-0.3, -0.25) is 4.79 Å². The Morgan fingerprint density at radius 3 is 2.85 bits per heavy atom. The zero-order valence-electron chi connectivity index (χ0n) is 12.1. The number of carbonyl (C=O) groups excluding carboxylic acids is 1. The summed E-state index contributed by atoms with van der Waals surface area (Å²) in [4.78, 5) is 12.3. The fraction of sp³-hybridized carbons (Fsp3) is 0.625. The summed E-state index contributed by atoms with van der Waals surface area (Å²) in [5.74, 6) is 0.378. The van der Waals surface area contributed by atoms with Crippen molar-refractivity contribution in [1.82, 2.24) is 5.32 Å². The molecule has 2 rings (SSSR count). The van der Waals surface area contributed by atoms with Crippen LogP contribution in [0.3, 0.4) is 0 Å². The first kappa shape index (κ1) is 14.8. The molecule has 0 radical (unpaired) electrons. The van der Waals surface area contributed by atoms with E-state index >= 15 is 0 Å². The van der Waals surface area contributed by atoms with Crippen molar-refractivity contribution >= 4 is 11.6 Å². The van der Waals surface area contributed by atoms with Crippen molar-refractivity contribution in [3.63, 3.8) is 0 Å². The van der Waals surface area contributed by atoms with E-state index in [2.05, 4.69) is 28.7 Å². The van der Waals surface area contributed by atoms with E-state index in [-0.39, 0.29) is 11.9 Å². The molecule has 20 heavy (non-hydrogen) atoms.